The number of rotatable bonds is 4. The smallest absolute Gasteiger partial charge is 0.353 e. The van der Waals surface area contributed by atoms with E-state index in [1.807, 2.05) is 0 Å². The Morgan fingerprint density at radius 2 is 2.00 bits per heavy atom. The molecule has 1 aliphatic heterocycles. The number of thioether (sulfide) groups is 1. The molecule has 0 unspecified atom stereocenters. The standard InChI is InChI=1S/C15H18F3N3O2S/c1-10(22)21-6-4-12(5-7-21)20-13(23)9-24-14-3-2-11(8-19-14)15(16,17)18/h2-3,8,12H,4-7,9H2,1H3,(H,20,23). The topological polar surface area (TPSA) is 62.3 Å². The van der Waals surface area contributed by atoms with Gasteiger partial charge in [0.05, 0.1) is 16.3 Å². The Morgan fingerprint density at radius 1 is 1.33 bits per heavy atom. The molecular weight excluding hydrogens is 343 g/mol. The average molecular weight is 361 g/mol. The van der Waals surface area contributed by atoms with E-state index >= 15 is 0 Å². The third kappa shape index (κ3) is 5.40. The van der Waals surface area contributed by atoms with E-state index in [-0.39, 0.29) is 23.6 Å². The van der Waals surface area contributed by atoms with Crippen LogP contribution >= 0.6 is 11.8 Å². The molecule has 1 N–H and O–H groups in total. The minimum absolute atomic E-state index is 0.0225. The number of nitrogens with one attached hydrogen (secondary N) is 1. The predicted molar refractivity (Wildman–Crippen MR) is 83.4 cm³/mol. The first-order chi connectivity index (χ1) is 11.3. The number of hydrogen-bond donors (Lipinski definition) is 1. The van der Waals surface area contributed by atoms with Crippen molar-refractivity contribution in [3.8, 4) is 0 Å². The summed E-state index contributed by atoms with van der Waals surface area (Å²) in [6.45, 7) is 2.76. The van der Waals surface area contributed by atoms with Gasteiger partial charge in [-0.2, -0.15) is 13.2 Å². The van der Waals surface area contributed by atoms with Crippen molar-refractivity contribution in [3.63, 3.8) is 0 Å². The first-order valence-corrected chi connectivity index (χ1v) is 8.45. The highest BCUT2D eigenvalue weighted by Gasteiger charge is 2.30. The predicted octanol–water partition coefficient (Wildman–Crippen LogP) is 2.32. The van der Waals surface area contributed by atoms with Gasteiger partial charge in [0.2, 0.25) is 11.8 Å². The second kappa shape index (κ2) is 7.87. The van der Waals surface area contributed by atoms with E-state index in [9.17, 15) is 22.8 Å². The molecule has 2 heterocycles. The van der Waals surface area contributed by atoms with Crippen LogP contribution in [0.2, 0.25) is 0 Å². The van der Waals surface area contributed by atoms with Crippen molar-refractivity contribution in [2.24, 2.45) is 0 Å². The lowest BCUT2D eigenvalue weighted by atomic mass is 10.1. The van der Waals surface area contributed by atoms with Gasteiger partial charge in [-0.15, -0.1) is 0 Å². The van der Waals surface area contributed by atoms with Crippen molar-refractivity contribution in [2.45, 2.75) is 37.0 Å². The van der Waals surface area contributed by atoms with Gasteiger partial charge in [0.25, 0.3) is 0 Å². The number of hydrogen-bond acceptors (Lipinski definition) is 4. The van der Waals surface area contributed by atoms with Gasteiger partial charge < -0.3 is 10.2 Å². The van der Waals surface area contributed by atoms with Crippen LogP contribution in [0.3, 0.4) is 0 Å². The summed E-state index contributed by atoms with van der Waals surface area (Å²) in [6.07, 6.45) is -2.25. The third-order valence-corrected chi connectivity index (χ3v) is 4.66. The lowest BCUT2D eigenvalue weighted by Crippen LogP contribution is -2.46. The number of alkyl halides is 3. The summed E-state index contributed by atoms with van der Waals surface area (Å²) in [5.41, 5.74) is -0.812. The highest BCUT2D eigenvalue weighted by molar-refractivity contribution is 7.99. The maximum atomic E-state index is 12.4. The van der Waals surface area contributed by atoms with Gasteiger partial charge in [-0.3, -0.25) is 9.59 Å². The average Bonchev–Trinajstić information content (AvgIpc) is 2.53. The molecule has 1 fully saturated rings. The number of halogens is 3. The minimum Gasteiger partial charge on any atom is -0.353 e. The van der Waals surface area contributed by atoms with E-state index in [1.54, 1.807) is 4.90 Å². The van der Waals surface area contributed by atoms with E-state index < -0.39 is 11.7 Å². The van der Waals surface area contributed by atoms with Gasteiger partial charge in [-0.25, -0.2) is 4.98 Å². The molecule has 1 aliphatic rings. The quantitative estimate of drug-likeness (QED) is 0.836. The van der Waals surface area contributed by atoms with Crippen molar-refractivity contribution in [1.29, 1.82) is 0 Å². The Bertz CT molecular complexity index is 585. The Balaban J connectivity index is 1.75. The van der Waals surface area contributed by atoms with Crippen LogP contribution < -0.4 is 5.32 Å². The molecule has 24 heavy (non-hydrogen) atoms. The zero-order valence-corrected chi connectivity index (χ0v) is 13.9. The number of likely N-dealkylation sites (tertiary alicyclic amines) is 1. The monoisotopic (exact) mass is 361 g/mol. The van der Waals surface area contributed by atoms with Crippen LogP contribution in [0.4, 0.5) is 13.2 Å². The molecule has 9 heteroatoms. The van der Waals surface area contributed by atoms with Gasteiger partial charge in [0.1, 0.15) is 0 Å². The van der Waals surface area contributed by atoms with Gasteiger partial charge in [0.15, 0.2) is 0 Å². The van der Waals surface area contributed by atoms with Gasteiger partial charge in [-0.1, -0.05) is 11.8 Å². The molecule has 1 saturated heterocycles. The third-order valence-electron chi connectivity index (χ3n) is 3.72. The molecular formula is C15H18F3N3O2S. The molecule has 132 valence electrons. The van der Waals surface area contributed by atoms with Crippen LogP contribution in [0.5, 0.6) is 0 Å². The lowest BCUT2D eigenvalue weighted by molar-refractivity contribution is -0.138. The summed E-state index contributed by atoms with van der Waals surface area (Å²) >= 11 is 1.09. The van der Waals surface area contributed by atoms with E-state index in [0.717, 1.165) is 24.0 Å². The number of aromatic nitrogens is 1. The number of pyridine rings is 1. The maximum Gasteiger partial charge on any atom is 0.417 e. The minimum atomic E-state index is -4.41. The van der Waals surface area contributed by atoms with E-state index in [2.05, 4.69) is 10.3 Å². The lowest BCUT2D eigenvalue weighted by Gasteiger charge is -2.31. The van der Waals surface area contributed by atoms with Crippen molar-refractivity contribution in [3.05, 3.63) is 23.9 Å². The molecule has 2 amide bonds. The summed E-state index contributed by atoms with van der Waals surface area (Å²) in [5.74, 6) is -0.0719. The largest absolute Gasteiger partial charge is 0.417 e. The fraction of sp³-hybridized carbons (Fsp3) is 0.533. The highest BCUT2D eigenvalue weighted by atomic mass is 32.2. The molecule has 0 aliphatic carbocycles. The second-order valence-corrected chi connectivity index (χ2v) is 6.52. The molecule has 1 aromatic rings. The fourth-order valence-electron chi connectivity index (χ4n) is 2.38. The summed E-state index contributed by atoms with van der Waals surface area (Å²) in [7, 11) is 0. The zero-order valence-electron chi connectivity index (χ0n) is 13.1. The SMILES string of the molecule is CC(=O)N1CCC(NC(=O)CSc2ccc(C(F)(F)F)cn2)CC1. The van der Waals surface area contributed by atoms with Crippen LogP contribution in [0.1, 0.15) is 25.3 Å². The van der Waals surface area contributed by atoms with E-state index in [4.69, 9.17) is 0 Å². The first kappa shape index (κ1) is 18.6. The summed E-state index contributed by atoms with van der Waals surface area (Å²) in [5, 5.41) is 3.24. The molecule has 2 rings (SSSR count). The van der Waals surface area contributed by atoms with Crippen LogP contribution in [-0.4, -0.2) is 46.6 Å². The van der Waals surface area contributed by atoms with Crippen molar-refractivity contribution < 1.29 is 22.8 Å². The Hall–Kier alpha value is -1.77. The van der Waals surface area contributed by atoms with Crippen LogP contribution in [0, 0.1) is 0 Å². The fourth-order valence-corrected chi connectivity index (χ4v) is 3.03. The molecule has 0 bridgehead atoms. The normalized spacial score (nSPS) is 16.1. The van der Waals surface area contributed by atoms with Gasteiger partial charge in [0, 0.05) is 32.3 Å². The Kier molecular flexibility index (Phi) is 6.09. The number of piperidine rings is 1. The van der Waals surface area contributed by atoms with Crippen molar-refractivity contribution in [1.82, 2.24) is 15.2 Å². The number of carbonyl (C=O) groups is 2. The zero-order chi connectivity index (χ0) is 17.7. The number of amides is 2. The van der Waals surface area contributed by atoms with Crippen LogP contribution in [0.25, 0.3) is 0 Å². The van der Waals surface area contributed by atoms with E-state index in [0.29, 0.717) is 31.0 Å². The summed E-state index contributed by atoms with van der Waals surface area (Å²) < 4.78 is 37.3. The summed E-state index contributed by atoms with van der Waals surface area (Å²) in [6, 6.07) is 2.23. The molecule has 0 aromatic carbocycles. The number of carbonyl (C=O) groups excluding carboxylic acids is 2. The second-order valence-electron chi connectivity index (χ2n) is 5.52. The Morgan fingerprint density at radius 3 is 2.50 bits per heavy atom. The molecule has 0 spiro atoms. The van der Waals surface area contributed by atoms with Crippen molar-refractivity contribution in [2.75, 3.05) is 18.8 Å². The highest BCUT2D eigenvalue weighted by Crippen LogP contribution is 2.29. The summed E-state index contributed by atoms with van der Waals surface area (Å²) in [4.78, 5) is 28.6. The van der Waals surface area contributed by atoms with E-state index in [1.165, 1.54) is 13.0 Å². The van der Waals surface area contributed by atoms with Crippen LogP contribution in [-0.2, 0) is 15.8 Å². The maximum absolute atomic E-state index is 12.4. The van der Waals surface area contributed by atoms with Gasteiger partial charge >= 0.3 is 6.18 Å². The first-order valence-electron chi connectivity index (χ1n) is 7.46. The molecule has 5 nitrogen and oxygen atoms in total. The van der Waals surface area contributed by atoms with Crippen molar-refractivity contribution >= 4 is 23.6 Å². The van der Waals surface area contributed by atoms with Gasteiger partial charge in [-0.05, 0) is 25.0 Å². The molecule has 0 radical (unpaired) electrons. The Labute approximate surface area is 142 Å². The molecule has 0 saturated carbocycles. The molecule has 1 aromatic heterocycles. The molecule has 0 atom stereocenters. The van der Waals surface area contributed by atoms with Crippen LogP contribution in [0.15, 0.2) is 23.4 Å². The number of nitrogens with zero attached hydrogens (tertiary/aromatic N) is 2.